The Morgan fingerprint density at radius 1 is 1.31 bits per heavy atom. The van der Waals surface area contributed by atoms with E-state index in [1.54, 1.807) is 12.1 Å². The Bertz CT molecular complexity index is 852. The van der Waals surface area contributed by atoms with Gasteiger partial charge in [-0.1, -0.05) is 0 Å². The third-order valence-corrected chi connectivity index (χ3v) is 5.65. The Hall–Kier alpha value is -2.72. The van der Waals surface area contributed by atoms with Crippen LogP contribution >= 0.6 is 0 Å². The van der Waals surface area contributed by atoms with Crippen molar-refractivity contribution in [3.05, 3.63) is 29.3 Å². The SMILES string of the molecule is C[C@@H]1CN2c3ccc(C#N)cc3CC3(C(=O)CC(=O)NC3=O)[C@H]2[C@H](C)O1. The molecule has 3 aliphatic heterocycles. The smallest absolute Gasteiger partial charge is 0.242 e. The van der Waals surface area contributed by atoms with Crippen molar-refractivity contribution in [2.24, 2.45) is 5.41 Å². The molecule has 134 valence electrons. The van der Waals surface area contributed by atoms with Crippen LogP contribution in [0.1, 0.15) is 31.4 Å². The summed E-state index contributed by atoms with van der Waals surface area (Å²) in [6, 6.07) is 6.96. The minimum atomic E-state index is -1.38. The lowest BCUT2D eigenvalue weighted by Crippen LogP contribution is -2.72. The number of ketones is 1. The molecule has 2 fully saturated rings. The van der Waals surface area contributed by atoms with E-state index in [0.29, 0.717) is 12.1 Å². The first-order chi connectivity index (χ1) is 12.4. The van der Waals surface area contributed by atoms with Crippen LogP contribution in [0.15, 0.2) is 18.2 Å². The van der Waals surface area contributed by atoms with Crippen LogP contribution in [-0.4, -0.2) is 42.4 Å². The van der Waals surface area contributed by atoms with E-state index in [2.05, 4.69) is 11.4 Å². The van der Waals surface area contributed by atoms with Crippen LogP contribution < -0.4 is 10.2 Å². The molecule has 1 spiro atoms. The first kappa shape index (κ1) is 16.7. The van der Waals surface area contributed by atoms with Gasteiger partial charge in [-0.3, -0.25) is 19.7 Å². The molecule has 0 aliphatic carbocycles. The summed E-state index contributed by atoms with van der Waals surface area (Å²) in [6.45, 7) is 4.34. The minimum absolute atomic E-state index is 0.0664. The number of hydrogen-bond acceptors (Lipinski definition) is 6. The second-order valence-electron chi connectivity index (χ2n) is 7.33. The van der Waals surface area contributed by atoms with Gasteiger partial charge in [-0.15, -0.1) is 0 Å². The average Bonchev–Trinajstić information content (AvgIpc) is 2.58. The number of imide groups is 1. The number of ether oxygens (including phenoxy) is 1. The first-order valence-corrected chi connectivity index (χ1v) is 8.69. The lowest BCUT2D eigenvalue weighted by atomic mass is 9.63. The van der Waals surface area contributed by atoms with Crippen LogP contribution in [0.2, 0.25) is 0 Å². The van der Waals surface area contributed by atoms with Crippen molar-refractivity contribution in [2.45, 2.75) is 44.9 Å². The van der Waals surface area contributed by atoms with Gasteiger partial charge >= 0.3 is 0 Å². The number of fused-ring (bicyclic) bond motifs is 4. The van der Waals surface area contributed by atoms with Crippen molar-refractivity contribution in [1.29, 1.82) is 5.26 Å². The molecule has 3 heterocycles. The number of carbonyl (C=O) groups is 3. The summed E-state index contributed by atoms with van der Waals surface area (Å²) >= 11 is 0. The summed E-state index contributed by atoms with van der Waals surface area (Å²) in [6.07, 6.45) is -0.571. The number of hydrogen-bond donors (Lipinski definition) is 1. The van der Waals surface area contributed by atoms with Crippen LogP contribution in [0.5, 0.6) is 0 Å². The number of morpholine rings is 1. The maximum Gasteiger partial charge on any atom is 0.242 e. The van der Waals surface area contributed by atoms with E-state index in [9.17, 15) is 19.6 Å². The number of benzene rings is 1. The standard InChI is InChI=1S/C19H19N3O4/c1-10-9-22-14-4-3-12(8-20)5-13(14)7-19(17(22)11(2)26-10)15(23)6-16(24)21-18(19)25/h3-5,10-11,17H,6-7,9H2,1-2H3,(H,21,24,25)/t10-,11+,17-,19?/m1/s1. The number of carbonyl (C=O) groups excluding carboxylic acids is 3. The highest BCUT2D eigenvalue weighted by atomic mass is 16.5. The summed E-state index contributed by atoms with van der Waals surface area (Å²) in [7, 11) is 0. The van der Waals surface area contributed by atoms with Gasteiger partial charge in [-0.25, -0.2) is 0 Å². The Morgan fingerprint density at radius 3 is 2.77 bits per heavy atom. The average molecular weight is 353 g/mol. The molecule has 2 saturated heterocycles. The first-order valence-electron chi connectivity index (χ1n) is 8.69. The van der Waals surface area contributed by atoms with Crippen LogP contribution in [0.4, 0.5) is 5.69 Å². The van der Waals surface area contributed by atoms with Crippen LogP contribution in [0, 0.1) is 16.7 Å². The minimum Gasteiger partial charge on any atom is -0.372 e. The van der Waals surface area contributed by atoms with E-state index in [0.717, 1.165) is 11.3 Å². The summed E-state index contributed by atoms with van der Waals surface area (Å²) < 4.78 is 5.96. The van der Waals surface area contributed by atoms with Crippen molar-refractivity contribution >= 4 is 23.3 Å². The molecular weight excluding hydrogens is 334 g/mol. The van der Waals surface area contributed by atoms with Gasteiger partial charge in [0.2, 0.25) is 11.8 Å². The van der Waals surface area contributed by atoms with E-state index >= 15 is 0 Å². The number of anilines is 1. The summed E-state index contributed by atoms with van der Waals surface area (Å²) in [5.41, 5.74) is 0.791. The third kappa shape index (κ3) is 2.19. The Balaban J connectivity index is 1.92. The predicted molar refractivity (Wildman–Crippen MR) is 91.2 cm³/mol. The molecule has 1 unspecified atom stereocenters. The monoisotopic (exact) mass is 353 g/mol. The molecule has 7 heteroatoms. The number of nitrogens with zero attached hydrogens (tertiary/aromatic N) is 2. The number of rotatable bonds is 0. The lowest BCUT2D eigenvalue weighted by Gasteiger charge is -2.55. The van der Waals surface area contributed by atoms with Crippen molar-refractivity contribution < 1.29 is 19.1 Å². The van der Waals surface area contributed by atoms with Crippen molar-refractivity contribution in [2.75, 3.05) is 11.4 Å². The van der Waals surface area contributed by atoms with Gasteiger partial charge in [0.15, 0.2) is 5.78 Å². The highest BCUT2D eigenvalue weighted by molar-refractivity contribution is 6.22. The molecule has 26 heavy (non-hydrogen) atoms. The Morgan fingerprint density at radius 2 is 2.08 bits per heavy atom. The number of nitriles is 1. The topological polar surface area (TPSA) is 99.5 Å². The lowest BCUT2D eigenvalue weighted by molar-refractivity contribution is -0.158. The van der Waals surface area contributed by atoms with Gasteiger partial charge in [0.25, 0.3) is 0 Å². The van der Waals surface area contributed by atoms with Gasteiger partial charge in [0, 0.05) is 12.2 Å². The molecule has 1 aromatic rings. The van der Waals surface area contributed by atoms with Gasteiger partial charge in [0.1, 0.15) is 5.41 Å². The van der Waals surface area contributed by atoms with Gasteiger partial charge in [-0.2, -0.15) is 5.26 Å². The molecule has 3 aliphatic rings. The maximum atomic E-state index is 13.0. The summed E-state index contributed by atoms with van der Waals surface area (Å²) in [5, 5.41) is 11.6. The quantitative estimate of drug-likeness (QED) is 0.544. The van der Waals surface area contributed by atoms with E-state index in [4.69, 9.17) is 4.74 Å². The fourth-order valence-electron chi connectivity index (χ4n) is 4.72. The van der Waals surface area contributed by atoms with Gasteiger partial charge in [-0.05, 0) is 44.0 Å². The Labute approximate surface area is 150 Å². The van der Waals surface area contributed by atoms with E-state index in [1.807, 2.05) is 24.8 Å². The highest BCUT2D eigenvalue weighted by Crippen LogP contribution is 2.47. The van der Waals surface area contributed by atoms with E-state index in [-0.39, 0.29) is 30.8 Å². The molecular formula is C19H19N3O4. The largest absolute Gasteiger partial charge is 0.372 e. The second-order valence-corrected chi connectivity index (χ2v) is 7.33. The maximum absolute atomic E-state index is 13.0. The molecule has 1 N–H and O–H groups in total. The fourth-order valence-corrected chi connectivity index (χ4v) is 4.72. The van der Waals surface area contributed by atoms with Crippen LogP contribution in [0.3, 0.4) is 0 Å². The zero-order valence-corrected chi connectivity index (χ0v) is 14.6. The third-order valence-electron chi connectivity index (χ3n) is 5.65. The van der Waals surface area contributed by atoms with Crippen molar-refractivity contribution in [1.82, 2.24) is 5.32 Å². The highest BCUT2D eigenvalue weighted by Gasteiger charge is 2.62. The van der Waals surface area contributed by atoms with Gasteiger partial charge in [0.05, 0.1) is 36.3 Å². The number of nitrogens with one attached hydrogen (secondary N) is 1. The summed E-state index contributed by atoms with van der Waals surface area (Å²) in [4.78, 5) is 39.7. The molecule has 2 amide bonds. The molecule has 0 radical (unpaired) electrons. The fraction of sp³-hybridized carbons (Fsp3) is 0.474. The number of amides is 2. The van der Waals surface area contributed by atoms with Crippen molar-refractivity contribution in [3.8, 4) is 6.07 Å². The normalized spacial score (nSPS) is 33.3. The molecule has 0 saturated carbocycles. The molecule has 4 atom stereocenters. The molecule has 0 bridgehead atoms. The molecule has 7 nitrogen and oxygen atoms in total. The molecule has 4 rings (SSSR count). The van der Waals surface area contributed by atoms with Crippen molar-refractivity contribution in [3.63, 3.8) is 0 Å². The molecule has 1 aromatic carbocycles. The van der Waals surface area contributed by atoms with Crippen LogP contribution in [0.25, 0.3) is 0 Å². The number of piperidine rings is 1. The van der Waals surface area contributed by atoms with Gasteiger partial charge < -0.3 is 9.64 Å². The summed E-state index contributed by atoms with van der Waals surface area (Å²) in [5.74, 6) is -1.50. The number of Topliss-reactive ketones (excluding diaryl/α,β-unsaturated/α-hetero) is 1. The molecule has 0 aromatic heterocycles. The van der Waals surface area contributed by atoms with Crippen LogP contribution in [-0.2, 0) is 25.5 Å². The predicted octanol–water partition coefficient (Wildman–Crippen LogP) is 0.699. The second kappa shape index (κ2) is 5.64. The zero-order valence-electron chi connectivity index (χ0n) is 14.6. The van der Waals surface area contributed by atoms with E-state index in [1.165, 1.54) is 0 Å². The Kier molecular flexibility index (Phi) is 3.63. The van der Waals surface area contributed by atoms with E-state index < -0.39 is 23.3 Å². The zero-order chi connectivity index (χ0) is 18.6.